The second-order valence-electron chi connectivity index (χ2n) is 5.04. The van der Waals surface area contributed by atoms with Crippen molar-refractivity contribution >= 4 is 0 Å². The van der Waals surface area contributed by atoms with Gasteiger partial charge in [-0.2, -0.15) is 0 Å². The summed E-state index contributed by atoms with van der Waals surface area (Å²) in [5, 5.41) is 75.3. The van der Waals surface area contributed by atoms with Gasteiger partial charge in [-0.05, 0) is 0 Å². The van der Waals surface area contributed by atoms with Gasteiger partial charge in [0.15, 0.2) is 42.4 Å². The van der Waals surface area contributed by atoms with Crippen LogP contribution in [0.2, 0.25) is 0 Å². The maximum absolute atomic E-state index is 13.8. The van der Waals surface area contributed by atoms with E-state index in [1.54, 1.807) is 0 Å². The number of alkyl halides is 2. The largest absolute Gasteiger partial charge is 0.700 e. The molecule has 0 amide bonds. The quantitative estimate of drug-likeness (QED) is 0.156. The molecule has 0 fully saturated rings. The first-order valence-corrected chi connectivity index (χ1v) is 6.31. The molecule has 0 aromatic carbocycles. The van der Waals surface area contributed by atoms with Crippen LogP contribution in [0.1, 0.15) is 12.8 Å². The number of hydrogen-bond acceptors (Lipinski definition) is 14. The topological polar surface area (TPSA) is 302 Å². The van der Waals surface area contributed by atoms with Crippen molar-refractivity contribution in [3.05, 3.63) is 70.8 Å². The van der Waals surface area contributed by atoms with E-state index in [4.69, 9.17) is 0 Å². The molecule has 0 aliphatic rings. The fourth-order valence-electron chi connectivity index (χ4n) is 1.98. The first kappa shape index (κ1) is 24.7. The predicted molar refractivity (Wildman–Crippen MR) is 72.1 cm³/mol. The molecule has 29 heavy (non-hydrogen) atoms. The Morgan fingerprint density at radius 3 is 0.862 bits per heavy atom. The molecule has 0 aromatic heterocycles. The van der Waals surface area contributed by atoms with E-state index in [1.165, 1.54) is 0 Å². The molecule has 0 spiro atoms. The van der Waals surface area contributed by atoms with Gasteiger partial charge in [-0.15, -0.1) is 8.78 Å². The first-order valence-electron chi connectivity index (χ1n) is 6.31. The van der Waals surface area contributed by atoms with Gasteiger partial charge >= 0.3 is 17.6 Å². The average molecular weight is 437 g/mol. The summed E-state index contributed by atoms with van der Waals surface area (Å²) in [6.07, 6.45) is -5.68. The fraction of sp³-hybridized carbons (Fsp3) is 1.00. The van der Waals surface area contributed by atoms with E-state index < -0.39 is 70.8 Å². The molecule has 0 radical (unpaired) electrons. The third-order valence-electron chi connectivity index (χ3n) is 3.53. The highest BCUT2D eigenvalue weighted by atomic mass is 19.3. The van der Waals surface area contributed by atoms with Gasteiger partial charge in [-0.1, -0.05) is 0 Å². The van der Waals surface area contributed by atoms with E-state index in [0.717, 1.165) is 0 Å². The van der Waals surface area contributed by atoms with Crippen LogP contribution in [-0.4, -0.2) is 52.1 Å². The van der Waals surface area contributed by atoms with Crippen LogP contribution in [0, 0.1) is 76.7 Å². The van der Waals surface area contributed by atoms with E-state index in [-0.39, 0.29) is 0 Å². The van der Waals surface area contributed by atoms with Crippen molar-refractivity contribution in [2.24, 2.45) is 5.92 Å². The molecule has 0 aliphatic carbocycles. The summed E-state index contributed by atoms with van der Waals surface area (Å²) >= 11 is 0. The average Bonchev–Trinajstić information content (AvgIpc) is 2.52. The Morgan fingerprint density at radius 2 is 0.724 bits per heavy atom. The Morgan fingerprint density at radius 1 is 0.517 bits per heavy atom. The zero-order valence-electron chi connectivity index (χ0n) is 13.1. The van der Waals surface area contributed by atoms with Crippen molar-refractivity contribution in [3.8, 4) is 0 Å². The normalized spacial score (nSPS) is 12.2. The molecule has 21 nitrogen and oxygen atoms in total. The third-order valence-corrected chi connectivity index (χ3v) is 3.53. The summed E-state index contributed by atoms with van der Waals surface area (Å²) in [5.41, 5.74) is 0. The molecule has 0 saturated carbocycles. The molecule has 0 bridgehead atoms. The van der Waals surface area contributed by atoms with Crippen LogP contribution in [0.25, 0.3) is 0 Å². The van der Waals surface area contributed by atoms with Crippen LogP contribution < -0.4 is 0 Å². The predicted octanol–water partition coefficient (Wildman–Crippen LogP) is -0.780. The third kappa shape index (κ3) is 3.86. The maximum Gasteiger partial charge on any atom is 0.700 e. The summed E-state index contributed by atoms with van der Waals surface area (Å²) in [5.74, 6) is -13.7. The number of halogens is 2. The van der Waals surface area contributed by atoms with Crippen LogP contribution in [0.3, 0.4) is 0 Å². The zero-order chi connectivity index (χ0) is 23.5. The molecule has 0 aliphatic heterocycles. The molecular weight excluding hydrogens is 432 g/mol. The highest BCUT2D eigenvalue weighted by molar-refractivity contribution is 4.76. The van der Waals surface area contributed by atoms with Crippen LogP contribution >= 0.6 is 0 Å². The zero-order valence-corrected chi connectivity index (χ0v) is 13.1. The van der Waals surface area contributed by atoms with Gasteiger partial charge in [0.05, 0.1) is 4.92 Å². The van der Waals surface area contributed by atoms with E-state index in [2.05, 4.69) is 0 Å². The summed E-state index contributed by atoms with van der Waals surface area (Å²) in [6, 6.07) is -5.76. The molecule has 0 unspecified atom stereocenters. The summed E-state index contributed by atoms with van der Waals surface area (Å²) < 4.78 is 27.6. The molecule has 0 atom stereocenters. The fourth-order valence-corrected chi connectivity index (χ4v) is 1.98. The Hall–Kier alpha value is -4.34. The summed E-state index contributed by atoms with van der Waals surface area (Å²) in [7, 11) is 0. The monoisotopic (exact) mass is 437 g/mol. The minimum Gasteiger partial charge on any atom is -0.259 e. The van der Waals surface area contributed by atoms with Gasteiger partial charge in [0.25, 0.3) is 0 Å². The number of nitrogens with zero attached hydrogens (tertiary/aromatic N) is 7. The smallest absolute Gasteiger partial charge is 0.259 e. The van der Waals surface area contributed by atoms with E-state index in [0.29, 0.717) is 0 Å². The van der Waals surface area contributed by atoms with Gasteiger partial charge in [0, 0.05) is 0 Å². The lowest BCUT2D eigenvalue weighted by molar-refractivity contribution is -0.979. The molecular formula is C6H5F2N7O14. The SMILES string of the molecule is O=[N+]([O-])C(F)(F)C(CC([N+](=O)[O-])([N+](=O)[O-])[N+](=O)[O-])CC([N+](=O)[O-])([N+](=O)[O-])[N+](=O)[O-]. The first-order chi connectivity index (χ1) is 12.9. The van der Waals surface area contributed by atoms with Crippen LogP contribution in [0.4, 0.5) is 8.78 Å². The Kier molecular flexibility index (Phi) is 6.57. The minimum atomic E-state index is -5.76. The van der Waals surface area contributed by atoms with Crippen molar-refractivity contribution < 1.29 is 43.2 Å². The lowest BCUT2D eigenvalue weighted by Gasteiger charge is -2.20. The van der Waals surface area contributed by atoms with Gasteiger partial charge in [-0.3, -0.25) is 70.8 Å². The van der Waals surface area contributed by atoms with Gasteiger partial charge in [0.1, 0.15) is 5.92 Å². The van der Waals surface area contributed by atoms with Crippen LogP contribution in [-0.2, 0) is 0 Å². The molecule has 0 N–H and O–H groups in total. The second kappa shape index (κ2) is 7.72. The maximum atomic E-state index is 13.8. The second-order valence-corrected chi connectivity index (χ2v) is 5.04. The van der Waals surface area contributed by atoms with Crippen molar-refractivity contribution in [2.75, 3.05) is 0 Å². The molecule has 0 aromatic rings. The standard InChI is InChI=1S/C6H5F2N7O14/c7-6(8,15(28)29)3(1-4(9(16)17,10(18)19)11(20)21)2-5(12(22)23,13(24)25)14(26)27/h3H,1-2H2. The minimum absolute atomic E-state index is 2.40. The molecule has 162 valence electrons. The van der Waals surface area contributed by atoms with E-state index in [9.17, 15) is 79.6 Å². The van der Waals surface area contributed by atoms with Gasteiger partial charge < -0.3 is 0 Å². The highest BCUT2D eigenvalue weighted by Gasteiger charge is 2.81. The number of rotatable bonds is 12. The van der Waals surface area contributed by atoms with Crippen molar-refractivity contribution in [3.63, 3.8) is 0 Å². The van der Waals surface area contributed by atoms with Crippen molar-refractivity contribution in [2.45, 2.75) is 30.5 Å². The molecule has 0 rings (SSSR count). The lowest BCUT2D eigenvalue weighted by atomic mass is 9.91. The molecule has 23 heteroatoms. The van der Waals surface area contributed by atoms with Crippen LogP contribution in [0.5, 0.6) is 0 Å². The lowest BCUT2D eigenvalue weighted by Crippen LogP contribution is -2.60. The number of nitro groups is 7. The highest BCUT2D eigenvalue weighted by Crippen LogP contribution is 2.40. The van der Waals surface area contributed by atoms with E-state index >= 15 is 0 Å². The Labute approximate surface area is 151 Å². The van der Waals surface area contributed by atoms with Crippen molar-refractivity contribution in [1.82, 2.24) is 0 Å². The van der Waals surface area contributed by atoms with Gasteiger partial charge in [-0.25, -0.2) is 0 Å². The van der Waals surface area contributed by atoms with Crippen molar-refractivity contribution in [1.29, 1.82) is 0 Å². The summed E-state index contributed by atoms with van der Waals surface area (Å²) in [4.78, 5) is 58.3. The molecule has 0 heterocycles. The summed E-state index contributed by atoms with van der Waals surface area (Å²) in [6.45, 7) is 0. The Balaban J connectivity index is 6.89. The Bertz CT molecular complexity index is 673. The molecule has 0 saturated heterocycles. The van der Waals surface area contributed by atoms with Crippen LogP contribution in [0.15, 0.2) is 0 Å². The van der Waals surface area contributed by atoms with Gasteiger partial charge in [0.2, 0.25) is 0 Å². The van der Waals surface area contributed by atoms with E-state index in [1.807, 2.05) is 0 Å². The number of hydrogen-bond donors (Lipinski definition) is 0.